The number of nitro benzene ring substituents is 1. The van der Waals surface area contributed by atoms with Crippen LogP contribution >= 0.6 is 23.4 Å². The third-order valence-corrected chi connectivity index (χ3v) is 6.91. The zero-order valence-electron chi connectivity index (χ0n) is 19.9. The maximum absolute atomic E-state index is 13.2. The quantitative estimate of drug-likeness (QED) is 0.157. The molecule has 1 aliphatic heterocycles. The molecule has 206 valence electrons. The summed E-state index contributed by atoms with van der Waals surface area (Å²) in [5.74, 6) is 0.776. The minimum absolute atomic E-state index is 0.00389. The van der Waals surface area contributed by atoms with E-state index in [1.165, 1.54) is 6.07 Å². The molecule has 3 rings (SSSR count). The maximum atomic E-state index is 13.2. The van der Waals surface area contributed by atoms with Crippen LogP contribution in [0, 0.1) is 15.5 Å². The van der Waals surface area contributed by atoms with Crippen molar-refractivity contribution in [2.75, 3.05) is 23.9 Å². The summed E-state index contributed by atoms with van der Waals surface area (Å²) in [6, 6.07) is 4.23. The molecule has 0 spiro atoms. The van der Waals surface area contributed by atoms with E-state index in [9.17, 15) is 41.3 Å². The molecule has 2 aromatic rings. The van der Waals surface area contributed by atoms with Crippen molar-refractivity contribution in [3.8, 4) is 0 Å². The predicted molar refractivity (Wildman–Crippen MR) is 133 cm³/mol. The summed E-state index contributed by atoms with van der Waals surface area (Å²) in [4.78, 5) is 22.9. The van der Waals surface area contributed by atoms with Crippen LogP contribution in [0.15, 0.2) is 41.5 Å². The first kappa shape index (κ1) is 29.6. The fourth-order valence-corrected chi connectivity index (χ4v) is 4.81. The number of hydrogen-bond acceptors (Lipinski definition) is 5. The second-order valence-corrected chi connectivity index (χ2v) is 10.2. The van der Waals surface area contributed by atoms with Gasteiger partial charge in [0.2, 0.25) is 0 Å². The number of alkyl halides is 6. The Morgan fingerprint density at radius 2 is 1.79 bits per heavy atom. The first-order chi connectivity index (χ1) is 17.6. The Balaban J connectivity index is 1.94. The number of nitrogens with one attached hydrogen (secondary N) is 1. The summed E-state index contributed by atoms with van der Waals surface area (Å²) in [5, 5.41) is 18.2. The van der Waals surface area contributed by atoms with E-state index >= 15 is 0 Å². The van der Waals surface area contributed by atoms with Gasteiger partial charge >= 0.3 is 18.4 Å². The Bertz CT molecular complexity index is 1270. The molecule has 7 nitrogen and oxygen atoms in total. The SMILES string of the molecule is CSCCCC1(C)CN(C(=O)Nc2ccc(C(F)(F)F)c([N+](=O)[O-])c2)N=C1c1ccc(C(F)(F)F)c(Cl)c1. The molecule has 1 aliphatic rings. The number of urea groups is 1. The first-order valence-electron chi connectivity index (χ1n) is 11.0. The number of thioether (sulfide) groups is 1. The minimum atomic E-state index is -4.97. The number of benzene rings is 2. The number of anilines is 1. The largest absolute Gasteiger partial charge is 0.423 e. The highest BCUT2D eigenvalue weighted by atomic mass is 35.5. The topological polar surface area (TPSA) is 87.8 Å². The second-order valence-electron chi connectivity index (χ2n) is 8.77. The van der Waals surface area contributed by atoms with Crippen molar-refractivity contribution in [2.45, 2.75) is 32.1 Å². The van der Waals surface area contributed by atoms with Crippen LogP contribution in [0.4, 0.5) is 42.5 Å². The van der Waals surface area contributed by atoms with Gasteiger partial charge in [0.1, 0.15) is 5.56 Å². The van der Waals surface area contributed by atoms with Gasteiger partial charge in [-0.05, 0) is 54.7 Å². The van der Waals surface area contributed by atoms with Gasteiger partial charge in [0.15, 0.2) is 0 Å². The molecule has 2 aromatic carbocycles. The van der Waals surface area contributed by atoms with Crippen LogP contribution in [0.5, 0.6) is 0 Å². The van der Waals surface area contributed by atoms with Gasteiger partial charge in [-0.3, -0.25) is 10.1 Å². The number of rotatable bonds is 7. The predicted octanol–water partition coefficient (Wildman–Crippen LogP) is 7.69. The van der Waals surface area contributed by atoms with Gasteiger partial charge < -0.3 is 5.32 Å². The van der Waals surface area contributed by atoms with Crippen molar-refractivity contribution in [1.82, 2.24) is 5.01 Å². The molecule has 0 bridgehead atoms. The molecule has 0 saturated carbocycles. The molecule has 1 heterocycles. The molecule has 1 N–H and O–H groups in total. The molecule has 1 unspecified atom stereocenters. The van der Waals surface area contributed by atoms with Crippen LogP contribution in [0.3, 0.4) is 0 Å². The smallest absolute Gasteiger partial charge is 0.306 e. The van der Waals surface area contributed by atoms with Crippen molar-refractivity contribution in [1.29, 1.82) is 0 Å². The Morgan fingerprint density at radius 1 is 1.16 bits per heavy atom. The van der Waals surface area contributed by atoms with E-state index in [2.05, 4.69) is 10.4 Å². The number of carbonyl (C=O) groups is 1. The van der Waals surface area contributed by atoms with E-state index in [1.54, 1.807) is 18.7 Å². The summed E-state index contributed by atoms with van der Waals surface area (Å²) >= 11 is 7.49. The van der Waals surface area contributed by atoms with Crippen molar-refractivity contribution < 1.29 is 36.1 Å². The van der Waals surface area contributed by atoms with Crippen LogP contribution in [0.25, 0.3) is 0 Å². The third kappa shape index (κ3) is 6.52. The number of nitrogens with zero attached hydrogens (tertiary/aromatic N) is 3. The Kier molecular flexibility index (Phi) is 8.56. The average molecular weight is 583 g/mol. The van der Waals surface area contributed by atoms with Gasteiger partial charge in [-0.25, -0.2) is 9.80 Å². The van der Waals surface area contributed by atoms with E-state index in [0.717, 1.165) is 29.0 Å². The lowest BCUT2D eigenvalue weighted by Gasteiger charge is -2.26. The fourth-order valence-electron chi connectivity index (χ4n) is 4.09. The number of halogens is 7. The summed E-state index contributed by atoms with van der Waals surface area (Å²) < 4.78 is 78.8. The summed E-state index contributed by atoms with van der Waals surface area (Å²) in [5.41, 5.74) is -4.20. The zero-order valence-corrected chi connectivity index (χ0v) is 21.5. The maximum Gasteiger partial charge on any atom is 0.423 e. The van der Waals surface area contributed by atoms with Crippen molar-refractivity contribution in [2.24, 2.45) is 10.5 Å². The number of nitro groups is 1. The molecule has 2 amide bonds. The molecule has 0 saturated heterocycles. The summed E-state index contributed by atoms with van der Waals surface area (Å²) in [7, 11) is 0. The van der Waals surface area contributed by atoms with Gasteiger partial charge in [-0.1, -0.05) is 24.6 Å². The van der Waals surface area contributed by atoms with Crippen LogP contribution in [0.1, 0.15) is 36.5 Å². The molecular weight excluding hydrogens is 562 g/mol. The van der Waals surface area contributed by atoms with E-state index < -0.39 is 50.6 Å². The Morgan fingerprint density at radius 3 is 2.34 bits per heavy atom. The summed E-state index contributed by atoms with van der Waals surface area (Å²) in [6.45, 7) is 1.79. The van der Waals surface area contributed by atoms with Crippen LogP contribution < -0.4 is 5.32 Å². The lowest BCUT2D eigenvalue weighted by atomic mass is 9.78. The zero-order chi connectivity index (χ0) is 28.5. The van der Waals surface area contributed by atoms with Gasteiger partial charge in [0.05, 0.1) is 27.8 Å². The van der Waals surface area contributed by atoms with Crippen molar-refractivity contribution in [3.63, 3.8) is 0 Å². The van der Waals surface area contributed by atoms with Crippen LogP contribution in [0.2, 0.25) is 5.02 Å². The lowest BCUT2D eigenvalue weighted by molar-refractivity contribution is -0.388. The molecule has 0 aliphatic carbocycles. The van der Waals surface area contributed by atoms with Gasteiger partial charge in [0, 0.05) is 17.2 Å². The second kappa shape index (κ2) is 11.0. The molecule has 0 fully saturated rings. The van der Waals surface area contributed by atoms with Crippen molar-refractivity contribution >= 4 is 46.5 Å². The number of hydrazone groups is 1. The van der Waals surface area contributed by atoms with Gasteiger partial charge in [-0.15, -0.1) is 0 Å². The average Bonchev–Trinajstić information content (AvgIpc) is 3.15. The number of amides is 2. The Hall–Kier alpha value is -3.00. The molecule has 15 heteroatoms. The summed E-state index contributed by atoms with van der Waals surface area (Å²) in [6.07, 6.45) is -6.51. The first-order valence-corrected chi connectivity index (χ1v) is 12.7. The van der Waals surface area contributed by atoms with Crippen molar-refractivity contribution in [3.05, 3.63) is 68.2 Å². The molecule has 0 radical (unpaired) electrons. The molecule has 1 atom stereocenters. The molecular formula is C23H21ClF6N4O3S. The highest BCUT2D eigenvalue weighted by Crippen LogP contribution is 2.40. The Labute approximate surface area is 222 Å². The minimum Gasteiger partial charge on any atom is -0.306 e. The van der Waals surface area contributed by atoms with E-state index in [0.29, 0.717) is 30.7 Å². The number of hydrogen-bond donors (Lipinski definition) is 1. The highest BCUT2D eigenvalue weighted by molar-refractivity contribution is 7.98. The fraction of sp³-hybridized carbons (Fsp3) is 0.391. The number of carbonyl (C=O) groups excluding carboxylic acids is 1. The normalized spacial score (nSPS) is 17.9. The highest BCUT2D eigenvalue weighted by Gasteiger charge is 2.42. The third-order valence-electron chi connectivity index (χ3n) is 5.90. The van der Waals surface area contributed by atoms with Gasteiger partial charge in [-0.2, -0.15) is 43.2 Å². The molecule has 0 aromatic heterocycles. The lowest BCUT2D eigenvalue weighted by Crippen LogP contribution is -2.36. The van der Waals surface area contributed by atoms with E-state index in [-0.39, 0.29) is 17.8 Å². The van der Waals surface area contributed by atoms with E-state index in [1.807, 2.05) is 6.26 Å². The van der Waals surface area contributed by atoms with Crippen LogP contribution in [-0.2, 0) is 12.4 Å². The molecule has 38 heavy (non-hydrogen) atoms. The standard InChI is InChI=1S/C23H21ClF6N4O3S/c1-21(8-3-9-38-2)12-33(32-19(21)13-4-6-15(17(24)10-13)22(25,26)27)20(35)31-14-5-7-16(23(28,29)30)18(11-14)34(36)37/h4-7,10-11H,3,8-9,12H2,1-2H3,(H,31,35). The monoisotopic (exact) mass is 582 g/mol. The van der Waals surface area contributed by atoms with Crippen LogP contribution in [-0.4, -0.2) is 40.2 Å². The van der Waals surface area contributed by atoms with Gasteiger partial charge in [0.25, 0.3) is 5.69 Å². The van der Waals surface area contributed by atoms with E-state index in [4.69, 9.17) is 11.6 Å².